The van der Waals surface area contributed by atoms with Gasteiger partial charge in [-0.1, -0.05) is 15.9 Å². The molecular weight excluding hydrogens is 250 g/mol. The van der Waals surface area contributed by atoms with Crippen LogP contribution in [0.15, 0.2) is 10.5 Å². The molecule has 0 radical (unpaired) electrons. The fraction of sp³-hybridized carbons (Fsp3) is 0.333. The minimum atomic E-state index is -0.557. The average molecular weight is 258 g/mol. The number of halogens is 1. The maximum absolute atomic E-state index is 10.6. The number of phenols is 1. The lowest BCUT2D eigenvalue weighted by Crippen LogP contribution is -1.93. The van der Waals surface area contributed by atoms with Gasteiger partial charge in [0.05, 0.1) is 4.92 Å². The summed E-state index contributed by atoms with van der Waals surface area (Å²) >= 11 is 3.29. The zero-order valence-corrected chi connectivity index (χ0v) is 8.87. The molecule has 0 atom stereocenters. The van der Waals surface area contributed by atoms with Gasteiger partial charge in [-0.2, -0.15) is 0 Å². The quantitative estimate of drug-likeness (QED) is 0.621. The Balaban J connectivity index is 2.68. The van der Waals surface area contributed by atoms with Gasteiger partial charge in [0, 0.05) is 16.1 Å². The van der Waals surface area contributed by atoms with E-state index in [1.54, 1.807) is 0 Å². The number of nitro groups is 1. The van der Waals surface area contributed by atoms with Crippen molar-refractivity contribution >= 4 is 21.6 Å². The number of rotatable bonds is 1. The van der Waals surface area contributed by atoms with Crippen LogP contribution in [0, 0.1) is 10.1 Å². The first-order valence-corrected chi connectivity index (χ1v) is 5.08. The zero-order valence-electron chi connectivity index (χ0n) is 7.29. The molecule has 5 heteroatoms. The molecule has 1 aromatic carbocycles. The normalized spacial score (nSPS) is 14.1. The summed E-state index contributed by atoms with van der Waals surface area (Å²) in [5.41, 5.74) is 1.52. The second kappa shape index (κ2) is 3.24. The first-order valence-electron chi connectivity index (χ1n) is 4.29. The number of benzene rings is 1. The summed E-state index contributed by atoms with van der Waals surface area (Å²) < 4.78 is 0.731. The molecule has 1 aliphatic rings. The monoisotopic (exact) mass is 257 g/mol. The van der Waals surface area contributed by atoms with Crippen LogP contribution in [0.4, 0.5) is 5.69 Å². The molecule has 0 amide bonds. The van der Waals surface area contributed by atoms with Gasteiger partial charge in [-0.3, -0.25) is 10.1 Å². The highest BCUT2D eigenvalue weighted by molar-refractivity contribution is 9.10. The minimum absolute atomic E-state index is 0.161. The molecule has 0 heterocycles. The molecule has 1 aromatic rings. The van der Waals surface area contributed by atoms with E-state index >= 15 is 0 Å². The van der Waals surface area contributed by atoms with Crippen LogP contribution >= 0.6 is 15.9 Å². The van der Waals surface area contributed by atoms with Gasteiger partial charge in [0.25, 0.3) is 0 Å². The summed E-state index contributed by atoms with van der Waals surface area (Å²) in [5.74, 6) is -0.161. The van der Waals surface area contributed by atoms with Crippen molar-refractivity contribution in [2.75, 3.05) is 0 Å². The summed E-state index contributed by atoms with van der Waals surface area (Å²) in [6.45, 7) is 0. The molecule has 0 saturated carbocycles. The summed E-state index contributed by atoms with van der Waals surface area (Å²) in [4.78, 5) is 10.0. The molecule has 0 fully saturated rings. The van der Waals surface area contributed by atoms with Gasteiger partial charge in [-0.05, 0) is 24.8 Å². The van der Waals surface area contributed by atoms with Crippen LogP contribution < -0.4 is 0 Å². The molecule has 1 aliphatic carbocycles. The van der Waals surface area contributed by atoms with Crippen LogP contribution in [0.2, 0.25) is 0 Å². The van der Waals surface area contributed by atoms with Crippen LogP contribution in [-0.4, -0.2) is 10.0 Å². The Labute approximate surface area is 88.8 Å². The fourth-order valence-corrected chi connectivity index (χ4v) is 2.49. The van der Waals surface area contributed by atoms with E-state index in [1.165, 1.54) is 6.07 Å². The Kier molecular flexibility index (Phi) is 2.19. The molecule has 0 saturated heterocycles. The van der Waals surface area contributed by atoms with Crippen LogP contribution in [0.25, 0.3) is 0 Å². The van der Waals surface area contributed by atoms with Crippen molar-refractivity contribution in [1.82, 2.24) is 0 Å². The third-order valence-electron chi connectivity index (χ3n) is 2.49. The second-order valence-electron chi connectivity index (χ2n) is 3.29. The van der Waals surface area contributed by atoms with Gasteiger partial charge in [0.15, 0.2) is 5.75 Å². The molecule has 0 aromatic heterocycles. The van der Waals surface area contributed by atoms with Crippen molar-refractivity contribution in [3.8, 4) is 5.75 Å². The van der Waals surface area contributed by atoms with Crippen molar-refractivity contribution in [3.05, 3.63) is 31.8 Å². The van der Waals surface area contributed by atoms with Crippen molar-refractivity contribution < 1.29 is 10.0 Å². The summed E-state index contributed by atoms with van der Waals surface area (Å²) in [5, 5.41) is 20.2. The lowest BCUT2D eigenvalue weighted by molar-refractivity contribution is -0.386. The smallest absolute Gasteiger partial charge is 0.312 e. The third kappa shape index (κ3) is 1.28. The van der Waals surface area contributed by atoms with E-state index in [-0.39, 0.29) is 11.4 Å². The van der Waals surface area contributed by atoms with Crippen LogP contribution in [0.3, 0.4) is 0 Å². The van der Waals surface area contributed by atoms with E-state index < -0.39 is 4.92 Å². The van der Waals surface area contributed by atoms with E-state index in [0.717, 1.165) is 34.9 Å². The Morgan fingerprint density at radius 3 is 2.71 bits per heavy atom. The van der Waals surface area contributed by atoms with Gasteiger partial charge in [0.2, 0.25) is 0 Å². The van der Waals surface area contributed by atoms with E-state index in [9.17, 15) is 15.2 Å². The first kappa shape index (κ1) is 9.45. The summed E-state index contributed by atoms with van der Waals surface area (Å²) in [7, 11) is 0. The standard InChI is InChI=1S/C9H8BrNO3/c10-7-4-8(11(13)14)9(12)6-3-1-2-5(6)7/h4,12H,1-3H2. The van der Waals surface area contributed by atoms with Gasteiger partial charge in [-0.25, -0.2) is 0 Å². The van der Waals surface area contributed by atoms with E-state index in [2.05, 4.69) is 15.9 Å². The molecule has 0 aliphatic heterocycles. The first-order chi connectivity index (χ1) is 6.61. The predicted octanol–water partition coefficient (Wildman–Crippen LogP) is 2.55. The number of phenolic OH excluding ortho intramolecular Hbond substituents is 1. The number of fused-ring (bicyclic) bond motifs is 1. The Hall–Kier alpha value is -1.10. The SMILES string of the molecule is O=[N+]([O-])c1cc(Br)c2c(c1O)CCC2. The van der Waals surface area contributed by atoms with Gasteiger partial charge in [-0.15, -0.1) is 0 Å². The molecule has 4 nitrogen and oxygen atoms in total. The van der Waals surface area contributed by atoms with Gasteiger partial charge < -0.3 is 5.11 Å². The molecule has 2 rings (SSSR count). The van der Waals surface area contributed by atoms with Gasteiger partial charge >= 0.3 is 5.69 Å². The second-order valence-corrected chi connectivity index (χ2v) is 4.15. The molecule has 74 valence electrons. The third-order valence-corrected chi connectivity index (χ3v) is 3.20. The van der Waals surface area contributed by atoms with Crippen molar-refractivity contribution in [2.24, 2.45) is 0 Å². The number of aromatic hydroxyl groups is 1. The van der Waals surface area contributed by atoms with E-state index in [4.69, 9.17) is 0 Å². The van der Waals surface area contributed by atoms with Crippen LogP contribution in [0.1, 0.15) is 17.5 Å². The van der Waals surface area contributed by atoms with Crippen molar-refractivity contribution in [1.29, 1.82) is 0 Å². The van der Waals surface area contributed by atoms with E-state index in [0.29, 0.717) is 0 Å². The molecule has 0 unspecified atom stereocenters. The summed E-state index contributed by atoms with van der Waals surface area (Å²) in [6, 6.07) is 1.37. The van der Waals surface area contributed by atoms with E-state index in [1.807, 2.05) is 0 Å². The molecule has 14 heavy (non-hydrogen) atoms. The maximum Gasteiger partial charge on any atom is 0.312 e. The number of nitro benzene ring substituents is 1. The zero-order chi connectivity index (χ0) is 10.3. The number of nitrogens with zero attached hydrogens (tertiary/aromatic N) is 1. The highest BCUT2D eigenvalue weighted by Gasteiger charge is 2.25. The maximum atomic E-state index is 10.6. The topological polar surface area (TPSA) is 63.4 Å². The van der Waals surface area contributed by atoms with Crippen LogP contribution in [-0.2, 0) is 12.8 Å². The Morgan fingerprint density at radius 1 is 1.43 bits per heavy atom. The lowest BCUT2D eigenvalue weighted by Gasteiger charge is -2.05. The fourth-order valence-electron chi connectivity index (χ4n) is 1.84. The predicted molar refractivity (Wildman–Crippen MR) is 54.5 cm³/mol. The van der Waals surface area contributed by atoms with Crippen LogP contribution in [0.5, 0.6) is 5.75 Å². The summed E-state index contributed by atoms with van der Waals surface area (Å²) in [6.07, 6.45) is 2.55. The largest absolute Gasteiger partial charge is 0.502 e. The molecule has 0 bridgehead atoms. The highest BCUT2D eigenvalue weighted by atomic mass is 79.9. The van der Waals surface area contributed by atoms with Crippen molar-refractivity contribution in [2.45, 2.75) is 19.3 Å². The Bertz CT molecular complexity index is 417. The Morgan fingerprint density at radius 2 is 2.07 bits per heavy atom. The average Bonchev–Trinajstić information content (AvgIpc) is 2.59. The van der Waals surface area contributed by atoms with Gasteiger partial charge in [0.1, 0.15) is 0 Å². The lowest BCUT2D eigenvalue weighted by atomic mass is 10.1. The minimum Gasteiger partial charge on any atom is -0.502 e. The number of hydrogen-bond donors (Lipinski definition) is 1. The molecular formula is C9H8BrNO3. The number of hydrogen-bond acceptors (Lipinski definition) is 3. The van der Waals surface area contributed by atoms with Crippen molar-refractivity contribution in [3.63, 3.8) is 0 Å². The highest BCUT2D eigenvalue weighted by Crippen LogP contribution is 2.41. The molecule has 1 N–H and O–H groups in total. The molecule has 0 spiro atoms.